The van der Waals surface area contributed by atoms with Crippen molar-refractivity contribution in [2.24, 2.45) is 5.29 Å². The van der Waals surface area contributed by atoms with Gasteiger partial charge in [-0.05, 0) is 20.4 Å². The van der Waals surface area contributed by atoms with Crippen LogP contribution in [0.4, 0.5) is 4.79 Å². The molecule has 0 bridgehead atoms. The van der Waals surface area contributed by atoms with Gasteiger partial charge >= 0.3 is 94.7 Å². The van der Waals surface area contributed by atoms with Crippen LogP contribution in [0.3, 0.4) is 0 Å². The van der Waals surface area contributed by atoms with Crippen LogP contribution in [-0.4, -0.2) is 45.1 Å². The predicted molar refractivity (Wildman–Crippen MR) is 68.2 cm³/mol. The quantitative estimate of drug-likeness (QED) is 0.0761. The van der Waals surface area contributed by atoms with Gasteiger partial charge in [-0.2, -0.15) is 5.01 Å². The maximum absolute atomic E-state index is 11.3. The van der Waals surface area contributed by atoms with Gasteiger partial charge in [0.1, 0.15) is 0 Å². The van der Waals surface area contributed by atoms with Gasteiger partial charge in [-0.1, -0.05) is 0 Å². The van der Waals surface area contributed by atoms with E-state index in [1.165, 1.54) is 0 Å². The second-order valence-electron chi connectivity index (χ2n) is 4.02. The van der Waals surface area contributed by atoms with Crippen molar-refractivity contribution in [1.82, 2.24) is 10.3 Å². The summed E-state index contributed by atoms with van der Waals surface area (Å²) in [5.41, 5.74) is 0. The zero-order chi connectivity index (χ0) is 17.6. The minimum atomic E-state index is -6.09. The number of hydrogen-bond acceptors (Lipinski definition) is 9. The van der Waals surface area contributed by atoms with Crippen molar-refractivity contribution in [3.8, 4) is 0 Å². The summed E-state index contributed by atoms with van der Waals surface area (Å²) in [6, 6.07) is -0.999. The molecule has 0 aliphatic carbocycles. The molecule has 0 radical (unpaired) electrons. The summed E-state index contributed by atoms with van der Waals surface area (Å²) < 4.78 is 21.7. The third kappa shape index (κ3) is 11.3. The van der Waals surface area contributed by atoms with Crippen LogP contribution in [0, 0.1) is 4.91 Å². The van der Waals surface area contributed by atoms with Crippen LogP contribution in [0.2, 0.25) is 0 Å². The van der Waals surface area contributed by atoms with Crippen LogP contribution in [0.15, 0.2) is 5.29 Å². The Bertz CT molecular complexity index is 483. The maximum atomic E-state index is 11.3. The average molecular weight is 450 g/mol. The zero-order valence-corrected chi connectivity index (χ0v) is 22.5. The minimum absolute atomic E-state index is 0. The van der Waals surface area contributed by atoms with Crippen molar-refractivity contribution in [2.45, 2.75) is 17.9 Å². The Morgan fingerprint density at radius 3 is 2.04 bits per heavy atom. The Kier molecular flexibility index (Phi) is 21.3. The van der Waals surface area contributed by atoms with E-state index >= 15 is 0 Å². The second-order valence-corrected chi connectivity index (χ2v) is 8.27. The van der Waals surface area contributed by atoms with Gasteiger partial charge < -0.3 is 39.1 Å². The fourth-order valence-electron chi connectivity index (χ4n) is 1.30. The first-order chi connectivity index (χ1) is 9.90. The first kappa shape index (κ1) is 34.9. The Morgan fingerprint density at radius 1 is 1.24 bits per heavy atom. The topological polar surface area (TPSA) is 206 Å². The number of nitroso groups, excluding NO2 is 1. The monoisotopic (exact) mass is 449 g/mol. The molecule has 2 amide bonds. The summed E-state index contributed by atoms with van der Waals surface area (Å²) in [5.74, 6) is -0.0850. The SMILES string of the molecule is O=NN(CCCl)C(=O)NCCCC(O)(P(=O)([O-])[O-])P(=O)([O-])O.[Na+].[Na+].[Na+]. The summed E-state index contributed by atoms with van der Waals surface area (Å²) in [4.78, 5) is 62.7. The third-order valence-corrected chi connectivity index (χ3v) is 6.38. The van der Waals surface area contributed by atoms with E-state index in [1.54, 1.807) is 0 Å². The summed E-state index contributed by atoms with van der Waals surface area (Å²) in [5, 5.41) is 10.3. The molecule has 0 spiro atoms. The van der Waals surface area contributed by atoms with Gasteiger partial charge in [-0.15, -0.1) is 16.5 Å². The normalized spacial score (nSPS) is 15.1. The van der Waals surface area contributed by atoms with Crippen LogP contribution in [0.5, 0.6) is 0 Å². The molecule has 130 valence electrons. The molecule has 0 aromatic carbocycles. The number of urea groups is 1. The Morgan fingerprint density at radius 2 is 1.72 bits per heavy atom. The fourth-order valence-corrected chi connectivity index (χ4v) is 3.58. The molecule has 0 saturated heterocycles. The Balaban J connectivity index is -0.000000735. The molecule has 0 aromatic heterocycles. The number of rotatable bonds is 9. The number of halogens is 1. The van der Waals surface area contributed by atoms with E-state index in [9.17, 15) is 38.6 Å². The molecule has 0 fully saturated rings. The second kappa shape index (κ2) is 15.3. The van der Waals surface area contributed by atoms with E-state index in [-0.39, 0.29) is 101 Å². The van der Waals surface area contributed by atoms with Crippen molar-refractivity contribution in [1.29, 1.82) is 0 Å². The van der Waals surface area contributed by atoms with Crippen LogP contribution < -0.4 is 109 Å². The van der Waals surface area contributed by atoms with Gasteiger partial charge in [0.2, 0.25) is 0 Å². The molecule has 0 saturated carbocycles. The molecule has 18 heteroatoms. The number of hydrogen-bond donors (Lipinski definition) is 3. The largest absolute Gasteiger partial charge is 1.00 e. The summed E-state index contributed by atoms with van der Waals surface area (Å²) in [7, 11) is -12.0. The molecular weight excluding hydrogens is 436 g/mol. The van der Waals surface area contributed by atoms with E-state index in [4.69, 9.17) is 16.5 Å². The first-order valence-corrected chi connectivity index (χ1v) is 9.29. The molecule has 2 atom stereocenters. The van der Waals surface area contributed by atoms with Crippen molar-refractivity contribution in [3.05, 3.63) is 4.91 Å². The first-order valence-electron chi connectivity index (χ1n) is 5.63. The molecule has 0 heterocycles. The molecular formula is C7H13ClN3Na3O9P2. The van der Waals surface area contributed by atoms with E-state index in [0.717, 1.165) is 0 Å². The molecule has 3 N–H and O–H groups in total. The number of nitrogens with zero attached hydrogens (tertiary/aromatic N) is 2. The van der Waals surface area contributed by atoms with Gasteiger partial charge in [-0.25, -0.2) is 4.79 Å². The Hall–Kier alpha value is 2.42. The fraction of sp³-hybridized carbons (Fsp3) is 0.857. The van der Waals surface area contributed by atoms with Crippen molar-refractivity contribution >= 4 is 32.8 Å². The van der Waals surface area contributed by atoms with Crippen LogP contribution in [-0.2, 0) is 9.13 Å². The maximum Gasteiger partial charge on any atom is 1.00 e. The van der Waals surface area contributed by atoms with E-state index in [0.29, 0.717) is 5.01 Å². The Labute approximate surface area is 215 Å². The zero-order valence-electron chi connectivity index (χ0n) is 14.0. The van der Waals surface area contributed by atoms with Crippen molar-refractivity contribution in [2.75, 3.05) is 19.0 Å². The molecule has 2 unspecified atom stereocenters. The smallest absolute Gasteiger partial charge is 0.808 e. The molecule has 25 heavy (non-hydrogen) atoms. The number of amides is 2. The third-order valence-electron chi connectivity index (χ3n) is 2.49. The van der Waals surface area contributed by atoms with Gasteiger partial charge in [-0.3, -0.25) is 0 Å². The molecule has 0 rings (SSSR count). The summed E-state index contributed by atoms with van der Waals surface area (Å²) >= 11 is 5.29. The average Bonchev–Trinajstić information content (AvgIpc) is 2.37. The summed E-state index contributed by atoms with van der Waals surface area (Å²) in [6.45, 7) is -0.612. The van der Waals surface area contributed by atoms with Gasteiger partial charge in [0.15, 0.2) is 12.7 Å². The molecule has 0 aliphatic heterocycles. The number of nitrogens with one attached hydrogen (secondary N) is 1. The van der Waals surface area contributed by atoms with Gasteiger partial charge in [0.25, 0.3) is 0 Å². The molecule has 0 aromatic rings. The standard InChI is InChI=1S/C7H16ClN3O9P2.3Na/c8-3-5-11(10-14)6(12)9-4-1-2-7(13,21(15,16)17)22(18,19)20;;;/h13H,1-5H2,(H,9,12)(H2,15,16,17)(H2,18,19,20);;;/q;3*+1/p-3. The molecule has 0 aliphatic rings. The van der Waals surface area contributed by atoms with Crippen LogP contribution in [0.25, 0.3) is 0 Å². The molecule has 12 nitrogen and oxygen atoms in total. The predicted octanol–water partition coefficient (Wildman–Crippen LogP) is -11.2. The number of carbonyl (C=O) groups excluding carboxylic acids is 1. The van der Waals surface area contributed by atoms with Crippen LogP contribution >= 0.6 is 26.8 Å². The number of carbonyl (C=O) groups is 1. The van der Waals surface area contributed by atoms with Crippen LogP contribution in [0.1, 0.15) is 12.8 Å². The van der Waals surface area contributed by atoms with E-state index in [2.05, 4.69) is 10.6 Å². The number of aliphatic hydroxyl groups is 1. The van der Waals surface area contributed by atoms with Crippen molar-refractivity contribution in [3.63, 3.8) is 0 Å². The van der Waals surface area contributed by atoms with Crippen molar-refractivity contribution < 1.29 is 127 Å². The minimum Gasteiger partial charge on any atom is -0.808 e. The number of alkyl halides is 1. The van der Waals surface area contributed by atoms with E-state index < -0.39 is 45.7 Å². The van der Waals surface area contributed by atoms with Gasteiger partial charge in [0, 0.05) is 12.4 Å². The van der Waals surface area contributed by atoms with Gasteiger partial charge in [0.05, 0.1) is 11.8 Å². The van der Waals surface area contributed by atoms with E-state index in [1.807, 2.05) is 0 Å². The summed E-state index contributed by atoms with van der Waals surface area (Å²) in [6.07, 6.45) is -1.67.